The fourth-order valence-corrected chi connectivity index (χ4v) is 8.34. The van der Waals surface area contributed by atoms with Crippen LogP contribution in [0.2, 0.25) is 0 Å². The first-order valence-electron chi connectivity index (χ1n) is 17.8. The van der Waals surface area contributed by atoms with E-state index in [4.69, 9.17) is 38.0 Å². The maximum atomic E-state index is 14.2. The zero-order valence-corrected chi connectivity index (χ0v) is 33.3. The molecule has 3 N–H and O–H groups in total. The number of esters is 2. The van der Waals surface area contributed by atoms with Crippen LogP contribution in [0.1, 0.15) is 50.1 Å². The molecule has 0 spiro atoms. The Kier molecular flexibility index (Phi) is 14.6. The number of diazo groups is 1. The minimum atomic E-state index is -5.07. The first kappa shape index (κ1) is 43.8. The van der Waals surface area contributed by atoms with Crippen molar-refractivity contribution in [2.45, 2.75) is 44.9 Å². The van der Waals surface area contributed by atoms with Crippen molar-refractivity contribution < 1.29 is 56.1 Å². The van der Waals surface area contributed by atoms with Gasteiger partial charge in [-0.1, -0.05) is 65.3 Å². The number of carbonyl (C=O) groups excluding carboxylic acids is 2. The van der Waals surface area contributed by atoms with Gasteiger partial charge in [-0.3, -0.25) is 14.3 Å². The van der Waals surface area contributed by atoms with Gasteiger partial charge in [-0.2, -0.15) is 19.5 Å². The number of phosphoric acid groups is 2. The minimum absolute atomic E-state index is 0.0582. The van der Waals surface area contributed by atoms with Gasteiger partial charge in [0.25, 0.3) is 11.0 Å². The van der Waals surface area contributed by atoms with Crippen molar-refractivity contribution in [3.63, 3.8) is 0 Å². The quantitative estimate of drug-likeness (QED) is 0.0417. The number of nitrogens with two attached hydrogens (primary N) is 1. The van der Waals surface area contributed by atoms with Gasteiger partial charge in [0, 0.05) is 22.5 Å². The van der Waals surface area contributed by atoms with Crippen molar-refractivity contribution in [2.75, 3.05) is 6.61 Å². The van der Waals surface area contributed by atoms with Crippen molar-refractivity contribution in [2.24, 2.45) is 5.90 Å². The summed E-state index contributed by atoms with van der Waals surface area (Å²) in [5.41, 5.74) is 3.92. The highest BCUT2D eigenvalue weighted by Crippen LogP contribution is 2.70. The molecule has 4 aromatic carbocycles. The average molecular weight is 863 g/mol. The summed E-state index contributed by atoms with van der Waals surface area (Å²) >= 11 is 0. The van der Waals surface area contributed by atoms with Crippen LogP contribution in [-0.2, 0) is 40.5 Å². The van der Waals surface area contributed by atoms with Crippen molar-refractivity contribution in [1.82, 2.24) is 15.0 Å². The summed E-state index contributed by atoms with van der Waals surface area (Å²) in [6.45, 7) is -0.161. The number of phosphoric ester groups is 1. The van der Waals surface area contributed by atoms with Gasteiger partial charge in [0.2, 0.25) is 0 Å². The second-order valence-corrected chi connectivity index (χ2v) is 16.3. The molecule has 1 unspecified atom stereocenters. The number of hydrogen-bond acceptors (Lipinski definition) is 16. The molecular formula is C38H36N6O14P2+. The Labute approximate surface area is 342 Å². The SMILES string of the molecule is Cc1cn([C@H]2C[C@H]([N][N+]#N)[C@@H](CO[P+]([O-])(ON)O[P+]([O-])(OCc3ccc(OC(=O)c4ccccc4)cc3)OCc3ccc(OC(=O)c4ccccc4)cc3)O2)c(=O)[nH]c1=O. The Morgan fingerprint density at radius 2 is 1.35 bits per heavy atom. The highest BCUT2D eigenvalue weighted by molar-refractivity contribution is 7.67. The lowest BCUT2D eigenvalue weighted by molar-refractivity contribution is -0.273. The molecule has 2 heterocycles. The monoisotopic (exact) mass is 862 g/mol. The van der Waals surface area contributed by atoms with Crippen LogP contribution in [0.25, 0.3) is 5.08 Å². The molecule has 6 rings (SSSR count). The lowest BCUT2D eigenvalue weighted by Gasteiger charge is -2.29. The number of aromatic nitrogens is 2. The number of hydrogen-bond donors (Lipinski definition) is 2. The molecule has 1 aliphatic rings. The largest absolute Gasteiger partial charge is 0.602 e. The molecular weight excluding hydrogens is 826 g/mol. The molecule has 0 bridgehead atoms. The fraction of sp³-hybridized carbons (Fsp3) is 0.211. The normalized spacial score (nSPS) is 17.3. The molecule has 1 aromatic heterocycles. The number of carbonyl (C=O) groups is 2. The average Bonchev–Trinajstić information content (AvgIpc) is 3.66. The zero-order valence-electron chi connectivity index (χ0n) is 31.5. The summed E-state index contributed by atoms with van der Waals surface area (Å²) in [5.74, 6) is 4.57. The van der Waals surface area contributed by atoms with E-state index >= 15 is 0 Å². The molecule has 60 heavy (non-hydrogen) atoms. The van der Waals surface area contributed by atoms with Crippen molar-refractivity contribution in [3.8, 4) is 11.5 Å². The maximum absolute atomic E-state index is 14.2. The summed E-state index contributed by atoms with van der Waals surface area (Å²) < 4.78 is 44.1. The summed E-state index contributed by atoms with van der Waals surface area (Å²) in [6, 6.07) is 27.5. The van der Waals surface area contributed by atoms with Gasteiger partial charge in [0.15, 0.2) is 6.04 Å². The number of rotatable bonds is 18. The Hall–Kier alpha value is -5.78. The predicted molar refractivity (Wildman–Crippen MR) is 207 cm³/mol. The molecule has 1 saturated heterocycles. The summed E-state index contributed by atoms with van der Waals surface area (Å²) in [6.07, 6.45) is -1.02. The molecule has 0 aliphatic carbocycles. The number of nitrogens with one attached hydrogen (secondary N) is 1. The molecule has 1 radical (unpaired) electrons. The smallest absolute Gasteiger partial charge is 0.458 e. The number of benzene rings is 4. The van der Waals surface area contributed by atoms with Crippen LogP contribution in [-0.4, -0.2) is 40.2 Å². The first-order chi connectivity index (χ1) is 28.9. The van der Waals surface area contributed by atoms with Gasteiger partial charge < -0.3 is 24.0 Å². The Morgan fingerprint density at radius 1 is 0.833 bits per heavy atom. The predicted octanol–water partition coefficient (Wildman–Crippen LogP) is 3.74. The molecule has 22 heteroatoms. The second-order valence-electron chi connectivity index (χ2n) is 12.8. The van der Waals surface area contributed by atoms with E-state index in [0.717, 1.165) is 4.57 Å². The first-order valence-corrected chi connectivity index (χ1v) is 20.8. The van der Waals surface area contributed by atoms with Gasteiger partial charge in [0.05, 0.1) is 11.1 Å². The van der Waals surface area contributed by atoms with Crippen LogP contribution < -0.4 is 41.8 Å². The summed E-state index contributed by atoms with van der Waals surface area (Å²) in [4.78, 5) is 79.5. The van der Waals surface area contributed by atoms with E-state index in [9.17, 15) is 34.4 Å². The third kappa shape index (κ3) is 11.7. The number of H-pyrrole nitrogens is 1. The maximum Gasteiger partial charge on any atom is 0.458 e. The van der Waals surface area contributed by atoms with Gasteiger partial charge in [-0.05, 0) is 66.6 Å². The van der Waals surface area contributed by atoms with E-state index in [-0.39, 0.29) is 23.5 Å². The molecule has 1 aliphatic heterocycles. The van der Waals surface area contributed by atoms with Crippen LogP contribution >= 0.6 is 16.3 Å². The summed E-state index contributed by atoms with van der Waals surface area (Å²) in [5, 5.41) is 12.0. The van der Waals surface area contributed by atoms with Gasteiger partial charge in [-0.25, -0.2) is 14.4 Å². The second kappa shape index (κ2) is 20.0. The van der Waals surface area contributed by atoms with E-state index in [1.54, 1.807) is 60.7 Å². The topological polar surface area (TPSA) is 277 Å². The van der Waals surface area contributed by atoms with E-state index in [0.29, 0.717) is 22.3 Å². The van der Waals surface area contributed by atoms with E-state index in [2.05, 4.69) is 20.1 Å². The molecule has 311 valence electrons. The number of nitrogens with zero attached hydrogens (tertiary/aromatic N) is 4. The third-order valence-corrected chi connectivity index (χ3v) is 11.9. The molecule has 20 nitrogen and oxygen atoms in total. The van der Waals surface area contributed by atoms with Crippen LogP contribution in [0.4, 0.5) is 0 Å². The Bertz CT molecular complexity index is 2300. The van der Waals surface area contributed by atoms with E-state index in [1.807, 2.05) is 0 Å². The molecule has 0 saturated carbocycles. The van der Waals surface area contributed by atoms with Crippen molar-refractivity contribution in [1.29, 1.82) is 5.39 Å². The molecule has 0 amide bonds. The highest BCUT2D eigenvalue weighted by Gasteiger charge is 2.53. The van der Waals surface area contributed by atoms with Gasteiger partial charge in [0.1, 0.15) is 49.1 Å². The van der Waals surface area contributed by atoms with Gasteiger partial charge in [-0.15, -0.1) is 0 Å². The number of aryl methyl sites for hydroxylation is 1. The lowest BCUT2D eigenvalue weighted by Crippen LogP contribution is -2.35. The third-order valence-electron chi connectivity index (χ3n) is 8.65. The van der Waals surface area contributed by atoms with E-state index in [1.165, 1.54) is 61.7 Å². The fourth-order valence-electron chi connectivity index (χ4n) is 5.56. The van der Waals surface area contributed by atoms with Crippen LogP contribution in [0.3, 0.4) is 0 Å². The van der Waals surface area contributed by atoms with E-state index < -0.39 is 77.7 Å². The Balaban J connectivity index is 1.15. The van der Waals surface area contributed by atoms with Crippen LogP contribution in [0.15, 0.2) is 125 Å². The van der Waals surface area contributed by atoms with Gasteiger partial charge >= 0.3 is 39.1 Å². The molecule has 1 fully saturated rings. The zero-order chi connectivity index (χ0) is 42.7. The number of ether oxygens (including phenoxy) is 3. The summed E-state index contributed by atoms with van der Waals surface area (Å²) in [7, 11) is -10.0. The van der Waals surface area contributed by atoms with Crippen molar-refractivity contribution in [3.05, 3.63) is 169 Å². The highest BCUT2D eigenvalue weighted by atomic mass is 31.3. The molecule has 4 atom stereocenters. The lowest BCUT2D eigenvalue weighted by atomic mass is 10.1. The van der Waals surface area contributed by atoms with Crippen molar-refractivity contribution >= 4 is 28.3 Å². The standard InChI is InChI=1S/C38H36N6O14P2/c1-25-21-44(38(48)41-35(25)45)34-20-32(42-43-39)33(56-34)24-53-60(50,57-40)58-59(49,51-22-26-12-16-30(17-13-26)54-36(46)28-8-4-2-5-9-28)52-23-27-14-18-31(19-15-27)55-37(47)29-10-6-3-7-11-29/h2-19,21,32-34H,20,22-24,40H2,1H3,(H,41,45,48)/q+1/t32-,33+,34+,60?/m0/s1. The van der Waals surface area contributed by atoms with Crippen LogP contribution in [0.5, 0.6) is 11.5 Å². The number of aromatic amines is 1. The van der Waals surface area contributed by atoms with Crippen LogP contribution in [0, 0.1) is 12.3 Å². The Morgan fingerprint density at radius 3 is 1.83 bits per heavy atom. The molecule has 5 aromatic rings. The minimum Gasteiger partial charge on any atom is -0.602 e.